The molecule has 122 valence electrons. The number of para-hydroxylation sites is 1. The first kappa shape index (κ1) is 15.7. The highest BCUT2D eigenvalue weighted by Crippen LogP contribution is 2.29. The van der Waals surface area contributed by atoms with Gasteiger partial charge >= 0.3 is 0 Å². The minimum absolute atomic E-state index is 0.242. The zero-order valence-corrected chi connectivity index (χ0v) is 13.4. The van der Waals surface area contributed by atoms with Crippen molar-refractivity contribution in [1.82, 2.24) is 24.8 Å². The van der Waals surface area contributed by atoms with Crippen molar-refractivity contribution in [1.29, 1.82) is 0 Å². The summed E-state index contributed by atoms with van der Waals surface area (Å²) in [4.78, 5) is 24.9. The van der Waals surface area contributed by atoms with Crippen molar-refractivity contribution in [3.63, 3.8) is 0 Å². The third-order valence-electron chi connectivity index (χ3n) is 3.64. The Morgan fingerprint density at radius 3 is 2.71 bits per heavy atom. The molecular weight excluding hydrogens is 306 g/mol. The largest absolute Gasteiger partial charge is 0.496 e. The maximum Gasteiger partial charge on any atom is 0.272 e. The molecule has 3 rings (SSSR count). The molecule has 0 fully saturated rings. The monoisotopic (exact) mass is 323 g/mol. The number of carbonyl (C=O) groups is 1. The van der Waals surface area contributed by atoms with E-state index in [1.165, 1.54) is 18.6 Å². The first-order chi connectivity index (χ1) is 11.7. The van der Waals surface area contributed by atoms with E-state index in [1.807, 2.05) is 42.1 Å². The minimum atomic E-state index is -0.476. The van der Waals surface area contributed by atoms with Crippen LogP contribution in [0.2, 0.25) is 0 Å². The number of rotatable bonds is 5. The lowest BCUT2D eigenvalue weighted by atomic mass is 10.0. The summed E-state index contributed by atoms with van der Waals surface area (Å²) >= 11 is 0. The first-order valence-corrected chi connectivity index (χ1v) is 7.37. The zero-order chi connectivity index (χ0) is 16.9. The summed E-state index contributed by atoms with van der Waals surface area (Å²) in [5.74, 6) is 1.03. The SMILES string of the molecule is COc1ccccc1[C@H](NC(=O)c1cnccn1)c1nccn1C. The third kappa shape index (κ3) is 3.10. The number of nitrogens with zero attached hydrogens (tertiary/aromatic N) is 4. The number of aromatic nitrogens is 4. The Labute approximate surface area is 139 Å². The highest BCUT2D eigenvalue weighted by molar-refractivity contribution is 5.92. The molecule has 1 atom stereocenters. The van der Waals surface area contributed by atoms with E-state index in [4.69, 9.17) is 4.74 Å². The fraction of sp³-hybridized carbons (Fsp3) is 0.176. The number of imidazole rings is 1. The summed E-state index contributed by atoms with van der Waals surface area (Å²) in [6.45, 7) is 0. The lowest BCUT2D eigenvalue weighted by Gasteiger charge is -2.21. The molecule has 7 nitrogen and oxygen atoms in total. The smallest absolute Gasteiger partial charge is 0.272 e. The Bertz CT molecular complexity index is 832. The molecule has 24 heavy (non-hydrogen) atoms. The third-order valence-corrected chi connectivity index (χ3v) is 3.64. The van der Waals surface area contributed by atoms with Crippen molar-refractivity contribution in [2.75, 3.05) is 7.11 Å². The van der Waals surface area contributed by atoms with Gasteiger partial charge in [-0.2, -0.15) is 0 Å². The summed E-state index contributed by atoms with van der Waals surface area (Å²) < 4.78 is 7.29. The van der Waals surface area contributed by atoms with Crippen molar-refractivity contribution in [2.24, 2.45) is 7.05 Å². The normalized spacial score (nSPS) is 11.8. The van der Waals surface area contributed by atoms with Crippen molar-refractivity contribution >= 4 is 5.91 Å². The van der Waals surface area contributed by atoms with E-state index in [2.05, 4.69) is 20.3 Å². The van der Waals surface area contributed by atoms with Crippen LogP contribution in [0.4, 0.5) is 0 Å². The lowest BCUT2D eigenvalue weighted by Crippen LogP contribution is -2.32. The Morgan fingerprint density at radius 2 is 2.04 bits per heavy atom. The molecule has 0 radical (unpaired) electrons. The van der Waals surface area contributed by atoms with E-state index >= 15 is 0 Å². The molecule has 1 aromatic carbocycles. The van der Waals surface area contributed by atoms with Gasteiger partial charge < -0.3 is 14.6 Å². The van der Waals surface area contributed by atoms with Gasteiger partial charge in [-0.05, 0) is 6.07 Å². The summed E-state index contributed by atoms with van der Waals surface area (Å²) in [6.07, 6.45) is 7.94. The molecule has 0 spiro atoms. The van der Waals surface area contributed by atoms with E-state index < -0.39 is 6.04 Å². The number of benzene rings is 1. The highest BCUT2D eigenvalue weighted by Gasteiger charge is 2.24. The highest BCUT2D eigenvalue weighted by atomic mass is 16.5. The fourth-order valence-electron chi connectivity index (χ4n) is 2.46. The van der Waals surface area contributed by atoms with E-state index in [-0.39, 0.29) is 11.6 Å². The fourth-order valence-corrected chi connectivity index (χ4v) is 2.46. The van der Waals surface area contributed by atoms with Crippen LogP contribution in [0.15, 0.2) is 55.2 Å². The number of hydrogen-bond acceptors (Lipinski definition) is 5. The standard InChI is InChI=1S/C17H17N5O2/c1-22-10-9-20-16(22)15(12-5-3-4-6-14(12)24-2)21-17(23)13-11-18-7-8-19-13/h3-11,15H,1-2H3,(H,21,23)/t15-/m0/s1. The van der Waals surface area contributed by atoms with Crippen LogP contribution in [0.1, 0.15) is 27.9 Å². The Hall–Kier alpha value is -3.22. The van der Waals surface area contributed by atoms with Gasteiger partial charge in [-0.15, -0.1) is 0 Å². The number of nitrogens with one attached hydrogen (secondary N) is 1. The number of aryl methyl sites for hydroxylation is 1. The van der Waals surface area contributed by atoms with Gasteiger partial charge in [0.15, 0.2) is 0 Å². The number of carbonyl (C=O) groups excluding carboxylic acids is 1. The molecule has 2 heterocycles. The summed E-state index contributed by atoms with van der Waals surface area (Å²) in [6, 6.07) is 7.04. The van der Waals surface area contributed by atoms with Gasteiger partial charge in [-0.1, -0.05) is 18.2 Å². The maximum absolute atomic E-state index is 12.5. The van der Waals surface area contributed by atoms with Crippen molar-refractivity contribution in [3.8, 4) is 5.75 Å². The molecule has 0 bridgehead atoms. The molecule has 7 heteroatoms. The van der Waals surface area contributed by atoms with E-state index in [0.717, 1.165) is 5.56 Å². The molecule has 0 saturated carbocycles. The Balaban J connectivity index is 2.00. The van der Waals surface area contributed by atoms with Gasteiger partial charge in [-0.25, -0.2) is 9.97 Å². The van der Waals surface area contributed by atoms with E-state index in [9.17, 15) is 4.79 Å². The second-order valence-corrected chi connectivity index (χ2v) is 5.14. The quantitative estimate of drug-likeness (QED) is 0.773. The zero-order valence-electron chi connectivity index (χ0n) is 13.4. The molecule has 1 N–H and O–H groups in total. The second kappa shape index (κ2) is 6.91. The molecule has 2 aromatic heterocycles. The molecule has 3 aromatic rings. The summed E-state index contributed by atoms with van der Waals surface area (Å²) in [5.41, 5.74) is 1.05. The Morgan fingerprint density at radius 1 is 1.21 bits per heavy atom. The number of methoxy groups -OCH3 is 1. The van der Waals surface area contributed by atoms with Gasteiger partial charge in [0.1, 0.15) is 23.3 Å². The first-order valence-electron chi connectivity index (χ1n) is 7.37. The molecular formula is C17H17N5O2. The van der Waals surface area contributed by atoms with Gasteiger partial charge in [-0.3, -0.25) is 9.78 Å². The predicted molar refractivity (Wildman–Crippen MR) is 87.5 cm³/mol. The van der Waals surface area contributed by atoms with Crippen LogP contribution < -0.4 is 10.1 Å². The molecule has 0 aliphatic heterocycles. The van der Waals surface area contributed by atoms with Gasteiger partial charge in [0.2, 0.25) is 0 Å². The molecule has 0 aliphatic carbocycles. The second-order valence-electron chi connectivity index (χ2n) is 5.14. The minimum Gasteiger partial charge on any atom is -0.496 e. The number of ether oxygens (including phenoxy) is 1. The van der Waals surface area contributed by atoms with Crippen LogP contribution in [0.25, 0.3) is 0 Å². The lowest BCUT2D eigenvalue weighted by molar-refractivity contribution is 0.0935. The average molecular weight is 323 g/mol. The summed E-state index contributed by atoms with van der Waals surface area (Å²) in [7, 11) is 3.47. The number of amides is 1. The van der Waals surface area contributed by atoms with E-state index in [1.54, 1.807) is 13.3 Å². The molecule has 1 amide bonds. The van der Waals surface area contributed by atoms with Crippen LogP contribution in [0.3, 0.4) is 0 Å². The van der Waals surface area contributed by atoms with Crippen molar-refractivity contribution in [2.45, 2.75) is 6.04 Å². The maximum atomic E-state index is 12.5. The average Bonchev–Trinajstić information content (AvgIpc) is 3.06. The van der Waals surface area contributed by atoms with Gasteiger partial charge in [0, 0.05) is 37.4 Å². The van der Waals surface area contributed by atoms with Crippen LogP contribution >= 0.6 is 0 Å². The van der Waals surface area contributed by atoms with E-state index in [0.29, 0.717) is 11.6 Å². The van der Waals surface area contributed by atoms with Crippen molar-refractivity contribution < 1.29 is 9.53 Å². The summed E-state index contributed by atoms with van der Waals surface area (Å²) in [5, 5.41) is 2.96. The topological polar surface area (TPSA) is 81.9 Å². The van der Waals surface area contributed by atoms with Crippen LogP contribution in [-0.4, -0.2) is 32.5 Å². The molecule has 0 saturated heterocycles. The molecule has 0 aliphatic rings. The van der Waals surface area contributed by atoms with Crippen LogP contribution in [0, 0.1) is 0 Å². The predicted octanol–water partition coefficient (Wildman–Crippen LogP) is 1.74. The van der Waals surface area contributed by atoms with Crippen LogP contribution in [0.5, 0.6) is 5.75 Å². The van der Waals surface area contributed by atoms with Gasteiger partial charge in [0.25, 0.3) is 5.91 Å². The van der Waals surface area contributed by atoms with Crippen LogP contribution in [-0.2, 0) is 7.05 Å². The number of hydrogen-bond donors (Lipinski definition) is 1. The Kier molecular flexibility index (Phi) is 4.51. The van der Waals surface area contributed by atoms with Gasteiger partial charge in [0.05, 0.1) is 13.3 Å². The molecule has 0 unspecified atom stereocenters. The van der Waals surface area contributed by atoms with Crippen molar-refractivity contribution in [3.05, 3.63) is 72.3 Å².